The molecule has 120 valence electrons. The van der Waals surface area contributed by atoms with Crippen molar-refractivity contribution in [2.45, 2.75) is 32.6 Å². The van der Waals surface area contributed by atoms with Gasteiger partial charge in [-0.1, -0.05) is 18.6 Å². The molecule has 0 saturated heterocycles. The van der Waals surface area contributed by atoms with Crippen LogP contribution in [0.1, 0.15) is 30.7 Å². The molecule has 0 amide bonds. The molecular weight excluding hydrogens is 391 g/mol. The van der Waals surface area contributed by atoms with E-state index in [-0.39, 0.29) is 24.0 Å². The quantitative estimate of drug-likeness (QED) is 0.448. The van der Waals surface area contributed by atoms with E-state index in [1.807, 2.05) is 25.1 Å². The number of fused-ring (bicyclic) bond motifs is 1. The third kappa shape index (κ3) is 4.12. The van der Waals surface area contributed by atoms with E-state index in [4.69, 9.17) is 10.2 Å². The minimum absolute atomic E-state index is 0. The molecule has 22 heavy (non-hydrogen) atoms. The summed E-state index contributed by atoms with van der Waals surface area (Å²) in [6, 6.07) is 5.97. The van der Waals surface area contributed by atoms with Gasteiger partial charge in [0.15, 0.2) is 17.4 Å². The van der Waals surface area contributed by atoms with Crippen molar-refractivity contribution in [3.63, 3.8) is 0 Å². The van der Waals surface area contributed by atoms with Gasteiger partial charge >= 0.3 is 0 Å². The van der Waals surface area contributed by atoms with Crippen molar-refractivity contribution in [3.05, 3.63) is 29.7 Å². The number of aromatic nitrogens is 1. The molecule has 1 aliphatic rings. The fourth-order valence-corrected chi connectivity index (χ4v) is 2.50. The summed E-state index contributed by atoms with van der Waals surface area (Å²) < 4.78 is 5.72. The van der Waals surface area contributed by atoms with E-state index in [1.54, 1.807) is 0 Å². The number of hydrogen-bond acceptors (Lipinski definition) is 3. The van der Waals surface area contributed by atoms with Crippen LogP contribution in [0.25, 0.3) is 11.1 Å². The van der Waals surface area contributed by atoms with Gasteiger partial charge in [0.2, 0.25) is 0 Å². The Kier molecular flexibility index (Phi) is 6.05. The second-order valence-corrected chi connectivity index (χ2v) is 5.73. The lowest BCUT2D eigenvalue weighted by Gasteiger charge is -2.23. The van der Waals surface area contributed by atoms with E-state index in [0.717, 1.165) is 35.0 Å². The number of nitrogens with one attached hydrogen (secondary N) is 1. The molecule has 3 rings (SSSR count). The number of rotatable bonds is 5. The lowest BCUT2D eigenvalue weighted by molar-refractivity contribution is 0.326. The highest BCUT2D eigenvalue weighted by molar-refractivity contribution is 14.0. The number of aliphatic imine (C=N–C) groups is 1. The van der Waals surface area contributed by atoms with Crippen LogP contribution >= 0.6 is 24.0 Å². The Hall–Kier alpha value is -1.31. The Bertz CT molecular complexity index is 649. The van der Waals surface area contributed by atoms with Crippen LogP contribution in [0.5, 0.6) is 0 Å². The zero-order valence-corrected chi connectivity index (χ0v) is 15.2. The fraction of sp³-hybridized carbons (Fsp3) is 0.500. The van der Waals surface area contributed by atoms with Gasteiger partial charge in [-0.2, -0.15) is 0 Å². The first-order valence-corrected chi connectivity index (χ1v) is 7.61. The van der Waals surface area contributed by atoms with E-state index in [2.05, 4.69) is 15.3 Å². The number of aryl methyl sites for hydroxylation is 1. The molecule has 0 spiro atoms. The molecule has 0 bridgehead atoms. The minimum atomic E-state index is 0. The van der Waals surface area contributed by atoms with Crippen LogP contribution in [-0.2, 0) is 6.42 Å². The number of oxazole rings is 1. The predicted molar refractivity (Wildman–Crippen MR) is 99.7 cm³/mol. The number of nitrogens with two attached hydrogens (primary N) is 1. The minimum Gasteiger partial charge on any atom is -0.441 e. The second kappa shape index (κ2) is 7.80. The summed E-state index contributed by atoms with van der Waals surface area (Å²) in [7, 11) is 0. The third-order valence-corrected chi connectivity index (χ3v) is 4.05. The normalized spacial score (nSPS) is 15.4. The molecule has 0 atom stereocenters. The number of guanidine groups is 1. The van der Waals surface area contributed by atoms with Crippen molar-refractivity contribution in [2.75, 3.05) is 13.1 Å². The van der Waals surface area contributed by atoms with Gasteiger partial charge in [-0.3, -0.25) is 4.99 Å². The topological polar surface area (TPSA) is 76.4 Å². The molecule has 1 heterocycles. The molecule has 0 aliphatic heterocycles. The van der Waals surface area contributed by atoms with Crippen LogP contribution in [0.15, 0.2) is 27.6 Å². The molecule has 0 radical (unpaired) electrons. The van der Waals surface area contributed by atoms with E-state index in [0.29, 0.717) is 18.9 Å². The molecule has 1 aromatic carbocycles. The molecule has 0 unspecified atom stereocenters. The average molecular weight is 414 g/mol. The molecule has 1 aromatic heterocycles. The monoisotopic (exact) mass is 414 g/mol. The SMILES string of the molecule is Cc1cccc2oc(CCNC(N)=NCC3CCC3)nc12.I. The fourth-order valence-electron chi connectivity index (χ4n) is 2.50. The van der Waals surface area contributed by atoms with Crippen LogP contribution < -0.4 is 11.1 Å². The van der Waals surface area contributed by atoms with Crippen LogP contribution in [0.4, 0.5) is 0 Å². The van der Waals surface area contributed by atoms with E-state index >= 15 is 0 Å². The highest BCUT2D eigenvalue weighted by Gasteiger charge is 2.16. The van der Waals surface area contributed by atoms with Gasteiger partial charge in [0.25, 0.3) is 0 Å². The van der Waals surface area contributed by atoms with E-state index in [1.165, 1.54) is 19.3 Å². The largest absolute Gasteiger partial charge is 0.441 e. The summed E-state index contributed by atoms with van der Waals surface area (Å²) in [5, 5.41) is 3.12. The molecule has 1 aliphatic carbocycles. The van der Waals surface area contributed by atoms with Gasteiger partial charge in [-0.05, 0) is 37.3 Å². The van der Waals surface area contributed by atoms with Crippen LogP contribution in [0.2, 0.25) is 0 Å². The standard InChI is InChI=1S/C16H22N4O.HI/c1-11-4-2-7-13-15(11)20-14(21-13)8-9-18-16(17)19-10-12-5-3-6-12;/h2,4,7,12H,3,5-6,8-10H2,1H3,(H3,17,18,19);1H. The van der Waals surface area contributed by atoms with Crippen molar-refractivity contribution in [2.24, 2.45) is 16.6 Å². The van der Waals surface area contributed by atoms with Gasteiger partial charge in [0, 0.05) is 19.5 Å². The number of nitrogens with zero attached hydrogens (tertiary/aromatic N) is 2. The van der Waals surface area contributed by atoms with Gasteiger partial charge in [0.05, 0.1) is 0 Å². The van der Waals surface area contributed by atoms with Gasteiger partial charge < -0.3 is 15.5 Å². The number of para-hydroxylation sites is 1. The Morgan fingerprint density at radius 3 is 2.95 bits per heavy atom. The summed E-state index contributed by atoms with van der Waals surface area (Å²) in [6.07, 6.45) is 4.62. The number of benzene rings is 1. The molecule has 3 N–H and O–H groups in total. The predicted octanol–water partition coefficient (Wildman–Crippen LogP) is 3.00. The molecular formula is C16H23IN4O. The first-order chi connectivity index (χ1) is 10.2. The van der Waals surface area contributed by atoms with Gasteiger partial charge in [-0.15, -0.1) is 24.0 Å². The zero-order valence-electron chi connectivity index (χ0n) is 12.8. The number of hydrogen-bond donors (Lipinski definition) is 2. The first kappa shape index (κ1) is 17.1. The van der Waals surface area contributed by atoms with Gasteiger partial charge in [0.1, 0.15) is 5.52 Å². The zero-order chi connectivity index (χ0) is 14.7. The van der Waals surface area contributed by atoms with Crippen LogP contribution in [-0.4, -0.2) is 24.0 Å². The molecule has 6 heteroatoms. The maximum Gasteiger partial charge on any atom is 0.197 e. The van der Waals surface area contributed by atoms with Crippen molar-refractivity contribution >= 4 is 41.0 Å². The van der Waals surface area contributed by atoms with Crippen molar-refractivity contribution in [3.8, 4) is 0 Å². The third-order valence-electron chi connectivity index (χ3n) is 4.05. The number of halogens is 1. The second-order valence-electron chi connectivity index (χ2n) is 5.73. The highest BCUT2D eigenvalue weighted by Crippen LogP contribution is 2.26. The lowest BCUT2D eigenvalue weighted by Crippen LogP contribution is -2.34. The Labute approximate surface area is 147 Å². The molecule has 5 nitrogen and oxygen atoms in total. The molecule has 2 aromatic rings. The van der Waals surface area contributed by atoms with E-state index in [9.17, 15) is 0 Å². The molecule has 1 fully saturated rings. The smallest absolute Gasteiger partial charge is 0.197 e. The Morgan fingerprint density at radius 2 is 2.27 bits per heavy atom. The van der Waals surface area contributed by atoms with Crippen molar-refractivity contribution in [1.29, 1.82) is 0 Å². The van der Waals surface area contributed by atoms with E-state index < -0.39 is 0 Å². The summed E-state index contributed by atoms with van der Waals surface area (Å²) in [4.78, 5) is 8.88. The first-order valence-electron chi connectivity index (χ1n) is 7.61. The molecule has 1 saturated carbocycles. The van der Waals surface area contributed by atoms with Crippen molar-refractivity contribution in [1.82, 2.24) is 10.3 Å². The highest BCUT2D eigenvalue weighted by atomic mass is 127. The summed E-state index contributed by atoms with van der Waals surface area (Å²) >= 11 is 0. The Morgan fingerprint density at radius 1 is 1.45 bits per heavy atom. The van der Waals surface area contributed by atoms with Crippen molar-refractivity contribution < 1.29 is 4.42 Å². The summed E-state index contributed by atoms with van der Waals surface area (Å²) in [5.74, 6) is 2.00. The lowest BCUT2D eigenvalue weighted by atomic mass is 9.86. The summed E-state index contributed by atoms with van der Waals surface area (Å²) in [5.41, 5.74) is 8.78. The van der Waals surface area contributed by atoms with Crippen LogP contribution in [0.3, 0.4) is 0 Å². The average Bonchev–Trinajstić information content (AvgIpc) is 2.81. The summed E-state index contributed by atoms with van der Waals surface area (Å²) in [6.45, 7) is 3.57. The Balaban J connectivity index is 0.00000176. The maximum atomic E-state index is 5.85. The van der Waals surface area contributed by atoms with Crippen LogP contribution in [0, 0.1) is 12.8 Å². The van der Waals surface area contributed by atoms with Gasteiger partial charge in [-0.25, -0.2) is 4.98 Å². The maximum absolute atomic E-state index is 5.85.